The number of carbonyl (C=O) groups is 2. The second kappa shape index (κ2) is 23.7. The number of rotatable bonds is 23. The first-order chi connectivity index (χ1) is 26.4. The summed E-state index contributed by atoms with van der Waals surface area (Å²) in [6.45, 7) is 2.76. The molecule has 2 amide bonds. The predicted octanol–water partition coefficient (Wildman–Crippen LogP) is 6.51. The lowest BCUT2D eigenvalue weighted by molar-refractivity contribution is -0.698. The first kappa shape index (κ1) is 41.8. The van der Waals surface area contributed by atoms with E-state index in [0.717, 1.165) is 59.8 Å². The van der Waals surface area contributed by atoms with Gasteiger partial charge >= 0.3 is 0 Å². The summed E-state index contributed by atoms with van der Waals surface area (Å²) in [5.74, 6) is 4.53. The molecule has 0 radical (unpaired) electrons. The highest BCUT2D eigenvalue weighted by molar-refractivity contribution is 8.76. The smallest absolute Gasteiger partial charge is 0.220 e. The number of hydrogen-bond acceptors (Lipinski definition) is 8. The fourth-order valence-electron chi connectivity index (χ4n) is 5.45. The van der Waals surface area contributed by atoms with Crippen molar-refractivity contribution in [2.45, 2.75) is 38.8 Å². The fraction of sp³-hybridized carbons (Fsp3) is 0.333. The van der Waals surface area contributed by atoms with Gasteiger partial charge in [-0.3, -0.25) is 9.59 Å². The summed E-state index contributed by atoms with van der Waals surface area (Å²) in [5.41, 5.74) is 4.16. The van der Waals surface area contributed by atoms with Gasteiger partial charge in [-0.15, -0.1) is 0 Å². The molecule has 0 saturated carbocycles. The average Bonchev–Trinajstić information content (AvgIpc) is 3.20. The predicted molar refractivity (Wildman–Crippen MR) is 220 cm³/mol. The number of nitrogens with zero attached hydrogens (tertiary/aromatic N) is 2. The van der Waals surface area contributed by atoms with Crippen LogP contribution < -0.4 is 38.7 Å². The van der Waals surface area contributed by atoms with Crippen molar-refractivity contribution in [3.8, 4) is 23.0 Å². The highest BCUT2D eigenvalue weighted by atomic mass is 33.1. The minimum atomic E-state index is 0.0591. The zero-order chi connectivity index (χ0) is 38.4. The molecule has 0 atom stereocenters. The van der Waals surface area contributed by atoms with E-state index in [4.69, 9.17) is 18.9 Å². The van der Waals surface area contributed by atoms with E-state index in [2.05, 4.69) is 50.1 Å². The van der Waals surface area contributed by atoms with Crippen LogP contribution in [0.4, 0.5) is 0 Å². The summed E-state index contributed by atoms with van der Waals surface area (Å²) in [5, 5.41) is 6.02. The van der Waals surface area contributed by atoms with Crippen LogP contribution in [0.1, 0.15) is 48.1 Å². The number of nitrogens with one attached hydrogen (secondary N) is 2. The van der Waals surface area contributed by atoms with Gasteiger partial charge in [-0.1, -0.05) is 45.9 Å². The number of benzene rings is 2. The van der Waals surface area contributed by atoms with Crippen LogP contribution in [-0.2, 0) is 22.7 Å². The van der Waals surface area contributed by atoms with E-state index in [9.17, 15) is 9.59 Å². The third-order valence-corrected chi connectivity index (χ3v) is 10.8. The van der Waals surface area contributed by atoms with Crippen LogP contribution in [0.25, 0.3) is 24.3 Å². The Labute approximate surface area is 327 Å². The SMILES string of the molecule is COc1ccc(/C=C/c2cc[n+](CCCC(=O)NCCSSCCNC(=O)CCC[n+]3ccccc3/C=C/c3ccc(OC)c(OC)c3)cc2)cc1OC. The van der Waals surface area contributed by atoms with Gasteiger partial charge in [0.25, 0.3) is 0 Å². The van der Waals surface area contributed by atoms with Gasteiger partial charge in [0.15, 0.2) is 41.6 Å². The third kappa shape index (κ3) is 14.5. The molecule has 2 aromatic carbocycles. The first-order valence-electron chi connectivity index (χ1n) is 18.0. The maximum absolute atomic E-state index is 12.4. The van der Waals surface area contributed by atoms with Gasteiger partial charge < -0.3 is 29.6 Å². The molecule has 0 aliphatic carbocycles. The topological polar surface area (TPSA) is 103 Å². The zero-order valence-electron chi connectivity index (χ0n) is 31.6. The van der Waals surface area contributed by atoms with Crippen molar-refractivity contribution < 1.29 is 37.7 Å². The van der Waals surface area contributed by atoms with Crippen molar-refractivity contribution in [3.63, 3.8) is 0 Å². The molecule has 10 nitrogen and oxygen atoms in total. The van der Waals surface area contributed by atoms with Crippen LogP contribution in [0.2, 0.25) is 0 Å². The van der Waals surface area contributed by atoms with Gasteiger partial charge in [-0.05, 0) is 53.1 Å². The Balaban J connectivity index is 1.01. The summed E-state index contributed by atoms with van der Waals surface area (Å²) < 4.78 is 25.7. The molecule has 0 saturated heterocycles. The van der Waals surface area contributed by atoms with E-state index in [-0.39, 0.29) is 11.8 Å². The fourth-order valence-corrected chi connectivity index (χ4v) is 7.27. The molecule has 286 valence electrons. The van der Waals surface area contributed by atoms with Gasteiger partial charge in [-0.2, -0.15) is 4.57 Å². The number of aromatic nitrogens is 2. The number of hydrogen-bond donors (Lipinski definition) is 2. The number of ether oxygens (including phenoxy) is 4. The van der Waals surface area contributed by atoms with E-state index in [0.29, 0.717) is 48.9 Å². The molecule has 2 aromatic heterocycles. The Bertz CT molecular complexity index is 1830. The molecule has 12 heteroatoms. The van der Waals surface area contributed by atoms with Gasteiger partial charge in [0, 0.05) is 80.6 Å². The van der Waals surface area contributed by atoms with Crippen LogP contribution in [0.5, 0.6) is 23.0 Å². The Morgan fingerprint density at radius 1 is 0.593 bits per heavy atom. The van der Waals surface area contributed by atoms with Gasteiger partial charge in [0.1, 0.15) is 13.1 Å². The molecule has 54 heavy (non-hydrogen) atoms. The van der Waals surface area contributed by atoms with Crippen LogP contribution >= 0.6 is 21.6 Å². The molecule has 4 rings (SSSR count). The molecular formula is C42H52N4O6S2+2. The minimum Gasteiger partial charge on any atom is -0.493 e. The lowest BCUT2D eigenvalue weighted by Crippen LogP contribution is -2.37. The second-order valence-corrected chi connectivity index (χ2v) is 14.8. The minimum absolute atomic E-state index is 0.0591. The molecule has 0 spiro atoms. The molecule has 0 fully saturated rings. The summed E-state index contributed by atoms with van der Waals surface area (Å²) in [4.78, 5) is 24.7. The summed E-state index contributed by atoms with van der Waals surface area (Å²) in [6.07, 6.45) is 16.7. The summed E-state index contributed by atoms with van der Waals surface area (Å²) in [7, 11) is 9.91. The van der Waals surface area contributed by atoms with Crippen LogP contribution in [-0.4, -0.2) is 64.8 Å². The van der Waals surface area contributed by atoms with E-state index in [1.54, 1.807) is 50.0 Å². The van der Waals surface area contributed by atoms with Crippen LogP contribution in [0, 0.1) is 0 Å². The van der Waals surface area contributed by atoms with Gasteiger partial charge in [0.2, 0.25) is 17.5 Å². The number of pyridine rings is 2. The molecule has 0 unspecified atom stereocenters. The normalized spacial score (nSPS) is 11.1. The zero-order valence-corrected chi connectivity index (χ0v) is 33.3. The maximum atomic E-state index is 12.4. The lowest BCUT2D eigenvalue weighted by atomic mass is 10.1. The van der Waals surface area contributed by atoms with Gasteiger partial charge in [0.05, 0.1) is 28.4 Å². The first-order valence-corrected chi connectivity index (χ1v) is 20.5. The van der Waals surface area contributed by atoms with Crippen molar-refractivity contribution in [3.05, 3.63) is 108 Å². The maximum Gasteiger partial charge on any atom is 0.220 e. The van der Waals surface area contributed by atoms with E-state index in [1.807, 2.05) is 79.3 Å². The number of methoxy groups -OCH3 is 4. The van der Waals surface area contributed by atoms with Crippen molar-refractivity contribution in [1.82, 2.24) is 10.6 Å². The highest BCUT2D eigenvalue weighted by Crippen LogP contribution is 2.29. The number of aryl methyl sites for hydroxylation is 2. The summed E-state index contributed by atoms with van der Waals surface area (Å²) >= 11 is 0. The molecule has 0 aliphatic rings. The standard InChI is InChI=1S/C42H50N4O6S2/c1-49-37-18-15-34(31-39(37)51-3)13-12-33-20-27-45(28-21-33)24-7-10-41(47)43-22-29-53-54-30-23-44-42(48)11-8-26-46-25-6-5-9-36(46)17-14-35-16-19-38(50-2)40(32-35)52-4/h5-6,9,12-21,25,27-28,31-32H,7-8,10-11,22-24,26,29-30H2,1-4H3/p+2/b13-12+,17-14+. The summed E-state index contributed by atoms with van der Waals surface area (Å²) in [6, 6.07) is 21.8. The Morgan fingerprint density at radius 2 is 1.11 bits per heavy atom. The van der Waals surface area contributed by atoms with E-state index < -0.39 is 0 Å². The quantitative estimate of drug-likeness (QED) is 0.0500. The molecule has 2 heterocycles. The highest BCUT2D eigenvalue weighted by Gasteiger charge is 2.10. The monoisotopic (exact) mass is 772 g/mol. The third-order valence-electron chi connectivity index (χ3n) is 8.34. The average molecular weight is 773 g/mol. The lowest BCUT2D eigenvalue weighted by Gasteiger charge is -2.07. The Hall–Kier alpha value is -4.94. The molecule has 4 aromatic rings. The Morgan fingerprint density at radius 3 is 1.67 bits per heavy atom. The molecular weight excluding hydrogens is 721 g/mol. The van der Waals surface area contributed by atoms with Crippen LogP contribution in [0.15, 0.2) is 85.3 Å². The largest absolute Gasteiger partial charge is 0.493 e. The molecule has 2 N–H and O–H groups in total. The van der Waals surface area contributed by atoms with E-state index >= 15 is 0 Å². The van der Waals surface area contributed by atoms with Crippen molar-refractivity contribution in [2.75, 3.05) is 53.0 Å². The van der Waals surface area contributed by atoms with Gasteiger partial charge in [-0.25, -0.2) is 4.57 Å². The second-order valence-electron chi connectivity index (χ2n) is 12.1. The number of carbonyl (C=O) groups excluding carboxylic acids is 2. The van der Waals surface area contributed by atoms with Crippen molar-refractivity contribution in [2.24, 2.45) is 0 Å². The van der Waals surface area contributed by atoms with Crippen LogP contribution in [0.3, 0.4) is 0 Å². The number of amides is 2. The molecule has 0 bridgehead atoms. The molecule has 0 aliphatic heterocycles. The Kier molecular flexibility index (Phi) is 18.3. The van der Waals surface area contributed by atoms with E-state index in [1.165, 1.54) is 0 Å². The van der Waals surface area contributed by atoms with Crippen molar-refractivity contribution in [1.29, 1.82) is 0 Å². The van der Waals surface area contributed by atoms with Crippen molar-refractivity contribution >= 4 is 57.7 Å².